The summed E-state index contributed by atoms with van der Waals surface area (Å²) in [6.45, 7) is -0.108. The Hall–Kier alpha value is -1.27. The molecule has 1 aromatic carbocycles. The van der Waals surface area contributed by atoms with Crippen molar-refractivity contribution < 1.29 is 19.0 Å². The van der Waals surface area contributed by atoms with Crippen LogP contribution in [-0.2, 0) is 4.79 Å². The highest BCUT2D eigenvalue weighted by Gasteiger charge is 2.24. The molecule has 1 atom stereocenters. The largest absolute Gasteiger partial charge is 0.495 e. The number of carboxylic acids is 1. The third-order valence-corrected chi connectivity index (χ3v) is 3.12. The molecule has 6 heteroatoms. The number of ether oxygens (including phenoxy) is 1. The maximum absolute atomic E-state index is 13.4. The summed E-state index contributed by atoms with van der Waals surface area (Å²) in [6.07, 6.45) is 1.76. The van der Waals surface area contributed by atoms with Gasteiger partial charge in [0.05, 0.1) is 17.9 Å². The van der Waals surface area contributed by atoms with Gasteiger partial charge in [0.15, 0.2) is 0 Å². The van der Waals surface area contributed by atoms with Gasteiger partial charge in [-0.3, -0.25) is 4.79 Å². The van der Waals surface area contributed by atoms with E-state index >= 15 is 0 Å². The first-order valence-corrected chi connectivity index (χ1v) is 6.11. The second kappa shape index (κ2) is 5.88. The van der Waals surface area contributed by atoms with E-state index in [-0.39, 0.29) is 12.1 Å². The molecule has 0 spiro atoms. The Balaban J connectivity index is 3.39. The van der Waals surface area contributed by atoms with Crippen molar-refractivity contribution in [2.75, 3.05) is 19.9 Å². The Labute approximate surface area is 103 Å². The predicted molar refractivity (Wildman–Crippen MR) is 64.2 cm³/mol. The summed E-state index contributed by atoms with van der Waals surface area (Å²) < 4.78 is 18.5. The van der Waals surface area contributed by atoms with Gasteiger partial charge in [-0.2, -0.15) is 0 Å². The van der Waals surface area contributed by atoms with E-state index in [0.29, 0.717) is 10.6 Å². The van der Waals surface area contributed by atoms with Gasteiger partial charge in [-0.25, -0.2) is 4.39 Å². The topological polar surface area (TPSA) is 72.5 Å². The second-order valence-corrected chi connectivity index (χ2v) is 4.21. The lowest BCUT2D eigenvalue weighted by atomic mass is 9.98. The molecule has 1 unspecified atom stereocenters. The number of hydrogen-bond donors (Lipinski definition) is 2. The number of thioether (sulfide) groups is 1. The molecule has 3 N–H and O–H groups in total. The molecule has 0 heterocycles. The van der Waals surface area contributed by atoms with Gasteiger partial charge in [-0.1, -0.05) is 0 Å². The molecule has 17 heavy (non-hydrogen) atoms. The van der Waals surface area contributed by atoms with Crippen LogP contribution in [0, 0.1) is 5.82 Å². The van der Waals surface area contributed by atoms with Crippen LogP contribution in [0.4, 0.5) is 4.39 Å². The van der Waals surface area contributed by atoms with Crippen LogP contribution >= 0.6 is 11.8 Å². The van der Waals surface area contributed by atoms with Crippen molar-refractivity contribution in [3.63, 3.8) is 0 Å². The van der Waals surface area contributed by atoms with Crippen LogP contribution in [0.5, 0.6) is 5.75 Å². The fraction of sp³-hybridized carbons (Fsp3) is 0.364. The number of aliphatic carboxylic acids is 1. The van der Waals surface area contributed by atoms with E-state index in [1.165, 1.54) is 24.9 Å². The summed E-state index contributed by atoms with van der Waals surface area (Å²) >= 11 is 1.29. The molecule has 4 nitrogen and oxygen atoms in total. The molecule has 0 fully saturated rings. The molecule has 1 aromatic rings. The number of carbonyl (C=O) groups is 1. The lowest BCUT2D eigenvalue weighted by Crippen LogP contribution is -2.22. The average molecular weight is 259 g/mol. The quantitative estimate of drug-likeness (QED) is 0.787. The zero-order chi connectivity index (χ0) is 13.0. The molecule has 94 valence electrons. The van der Waals surface area contributed by atoms with Crippen molar-refractivity contribution in [3.8, 4) is 5.75 Å². The molecule has 0 aromatic heterocycles. The van der Waals surface area contributed by atoms with Crippen LogP contribution in [0.25, 0.3) is 0 Å². The maximum Gasteiger partial charge on any atom is 0.312 e. The van der Waals surface area contributed by atoms with E-state index in [2.05, 4.69) is 0 Å². The molecule has 0 aliphatic heterocycles. The van der Waals surface area contributed by atoms with Crippen molar-refractivity contribution in [1.29, 1.82) is 0 Å². The number of methoxy groups -OCH3 is 1. The number of halogens is 1. The van der Waals surface area contributed by atoms with Gasteiger partial charge in [0.25, 0.3) is 0 Å². The zero-order valence-electron chi connectivity index (χ0n) is 9.57. The van der Waals surface area contributed by atoms with E-state index in [4.69, 9.17) is 15.6 Å². The number of nitrogens with two attached hydrogens (primary N) is 1. The molecule has 0 bridgehead atoms. The SMILES string of the molecule is COc1c(SC)cc(F)cc1C(CN)C(=O)O. The van der Waals surface area contributed by atoms with Crippen LogP contribution in [0.1, 0.15) is 11.5 Å². The zero-order valence-corrected chi connectivity index (χ0v) is 10.4. The Morgan fingerprint density at radius 2 is 2.29 bits per heavy atom. The van der Waals surface area contributed by atoms with Gasteiger partial charge < -0.3 is 15.6 Å². The molecule has 0 saturated heterocycles. The van der Waals surface area contributed by atoms with Gasteiger partial charge in [0.2, 0.25) is 0 Å². The molecule has 0 saturated carbocycles. The van der Waals surface area contributed by atoms with Gasteiger partial charge >= 0.3 is 5.97 Å². The van der Waals surface area contributed by atoms with E-state index in [1.54, 1.807) is 6.26 Å². The standard InChI is InChI=1S/C11H14FNO3S/c1-16-10-7(8(5-13)11(14)15)3-6(12)4-9(10)17-2/h3-4,8H,5,13H2,1-2H3,(H,14,15). The van der Waals surface area contributed by atoms with E-state index < -0.39 is 17.7 Å². The first-order chi connectivity index (χ1) is 8.04. The van der Waals surface area contributed by atoms with Crippen molar-refractivity contribution in [1.82, 2.24) is 0 Å². The molecular weight excluding hydrogens is 245 g/mol. The first-order valence-electron chi connectivity index (χ1n) is 4.89. The normalized spacial score (nSPS) is 12.2. The van der Waals surface area contributed by atoms with Crippen molar-refractivity contribution >= 4 is 17.7 Å². The van der Waals surface area contributed by atoms with E-state index in [1.807, 2.05) is 0 Å². The number of carboxylic acid groups (broad SMARTS) is 1. The Morgan fingerprint density at radius 1 is 1.65 bits per heavy atom. The second-order valence-electron chi connectivity index (χ2n) is 3.36. The molecule has 0 radical (unpaired) electrons. The van der Waals surface area contributed by atoms with E-state index in [9.17, 15) is 9.18 Å². The van der Waals surface area contributed by atoms with Crippen LogP contribution in [0.2, 0.25) is 0 Å². The maximum atomic E-state index is 13.4. The smallest absolute Gasteiger partial charge is 0.312 e. The molecule has 0 aliphatic carbocycles. The Morgan fingerprint density at radius 3 is 2.71 bits per heavy atom. The highest BCUT2D eigenvalue weighted by molar-refractivity contribution is 7.98. The Kier molecular flexibility index (Phi) is 4.77. The summed E-state index contributed by atoms with van der Waals surface area (Å²) in [4.78, 5) is 11.6. The summed E-state index contributed by atoms with van der Waals surface area (Å²) in [5, 5.41) is 9.04. The molecule has 0 aliphatic rings. The Bertz CT molecular complexity index is 425. The third kappa shape index (κ3) is 2.89. The fourth-order valence-electron chi connectivity index (χ4n) is 1.58. The molecule has 1 rings (SSSR count). The molecule has 0 amide bonds. The van der Waals surface area contributed by atoms with E-state index in [0.717, 1.165) is 6.07 Å². The molecular formula is C11H14FNO3S. The summed E-state index contributed by atoms with van der Waals surface area (Å²) in [7, 11) is 1.42. The summed E-state index contributed by atoms with van der Waals surface area (Å²) in [5.74, 6) is -2.18. The number of benzene rings is 1. The van der Waals surface area contributed by atoms with Crippen LogP contribution < -0.4 is 10.5 Å². The van der Waals surface area contributed by atoms with Gasteiger partial charge in [0.1, 0.15) is 11.6 Å². The lowest BCUT2D eigenvalue weighted by molar-refractivity contribution is -0.138. The number of hydrogen-bond acceptors (Lipinski definition) is 4. The van der Waals surface area contributed by atoms with Crippen molar-refractivity contribution in [2.45, 2.75) is 10.8 Å². The predicted octanol–water partition coefficient (Wildman–Crippen LogP) is 1.68. The minimum Gasteiger partial charge on any atom is -0.495 e. The minimum atomic E-state index is -1.09. The van der Waals surface area contributed by atoms with Crippen molar-refractivity contribution in [2.24, 2.45) is 5.73 Å². The number of rotatable bonds is 5. The fourth-order valence-corrected chi connectivity index (χ4v) is 2.20. The van der Waals surface area contributed by atoms with Crippen molar-refractivity contribution in [3.05, 3.63) is 23.5 Å². The van der Waals surface area contributed by atoms with Crippen LogP contribution in [0.15, 0.2) is 17.0 Å². The third-order valence-electron chi connectivity index (χ3n) is 2.38. The van der Waals surface area contributed by atoms with Crippen LogP contribution in [-0.4, -0.2) is 31.0 Å². The van der Waals surface area contributed by atoms with Gasteiger partial charge in [-0.05, 0) is 18.4 Å². The minimum absolute atomic E-state index is 0.108. The lowest BCUT2D eigenvalue weighted by Gasteiger charge is -2.17. The highest BCUT2D eigenvalue weighted by Crippen LogP contribution is 2.36. The monoisotopic (exact) mass is 259 g/mol. The summed E-state index contributed by atoms with van der Waals surface area (Å²) in [6, 6.07) is 2.46. The highest BCUT2D eigenvalue weighted by atomic mass is 32.2. The van der Waals surface area contributed by atoms with Gasteiger partial charge in [0, 0.05) is 12.1 Å². The first kappa shape index (κ1) is 13.8. The van der Waals surface area contributed by atoms with Crippen LogP contribution in [0.3, 0.4) is 0 Å². The van der Waals surface area contributed by atoms with Gasteiger partial charge in [-0.15, -0.1) is 11.8 Å². The average Bonchev–Trinajstić information content (AvgIpc) is 2.28. The summed E-state index contributed by atoms with van der Waals surface area (Å²) in [5.41, 5.74) is 5.68.